The monoisotopic (exact) mass is 577 g/mol. The molecule has 0 radical (unpaired) electrons. The molecule has 7 rings (SSSR count). The van der Waals surface area contributed by atoms with E-state index in [1.165, 1.54) is 0 Å². The highest BCUT2D eigenvalue weighted by Crippen LogP contribution is 2.52. The smallest absolute Gasteiger partial charge is 0.410 e. The molecule has 2 saturated carbocycles. The predicted octanol–water partition coefficient (Wildman–Crippen LogP) is 6.13. The molecule has 0 spiro atoms. The van der Waals surface area contributed by atoms with Gasteiger partial charge in [-0.1, -0.05) is 11.6 Å². The lowest BCUT2D eigenvalue weighted by Crippen LogP contribution is -2.44. The Balaban J connectivity index is 1.46. The Morgan fingerprint density at radius 3 is 2.64 bits per heavy atom. The van der Waals surface area contributed by atoms with Crippen molar-refractivity contribution in [1.82, 2.24) is 24.3 Å². The maximum Gasteiger partial charge on any atom is 0.410 e. The molecule has 2 aliphatic carbocycles. The summed E-state index contributed by atoms with van der Waals surface area (Å²) in [4.78, 5) is 26.6. The van der Waals surface area contributed by atoms with E-state index in [2.05, 4.69) is 39.5 Å². The zero-order valence-corrected chi connectivity index (χ0v) is 23.4. The maximum atomic E-state index is 15.5. The molecular formula is C26H30BrClFN5O2. The number of fused-ring (bicyclic) bond motifs is 4. The number of benzene rings is 1. The van der Waals surface area contributed by atoms with Gasteiger partial charge in [-0.05, 0) is 76.1 Å². The van der Waals surface area contributed by atoms with Crippen molar-refractivity contribution in [2.24, 2.45) is 5.92 Å². The lowest BCUT2D eigenvalue weighted by atomic mass is 9.76. The quantitative estimate of drug-likeness (QED) is 0.350. The number of pyridine rings is 1. The van der Waals surface area contributed by atoms with Crippen molar-refractivity contribution >= 4 is 55.6 Å². The van der Waals surface area contributed by atoms with E-state index in [0.717, 1.165) is 36.0 Å². The lowest BCUT2D eigenvalue weighted by molar-refractivity contribution is 0.0210. The number of carbonyl (C=O) groups is 1. The third-order valence-corrected chi connectivity index (χ3v) is 9.39. The van der Waals surface area contributed by atoms with E-state index in [0.29, 0.717) is 34.4 Å². The zero-order chi connectivity index (χ0) is 25.7. The van der Waals surface area contributed by atoms with Crippen molar-refractivity contribution < 1.29 is 13.9 Å². The van der Waals surface area contributed by atoms with Gasteiger partial charge < -0.3 is 19.1 Å². The second-order valence-corrected chi connectivity index (χ2v) is 12.9. The maximum absolute atomic E-state index is 15.5. The van der Waals surface area contributed by atoms with Gasteiger partial charge in [-0.25, -0.2) is 19.2 Å². The van der Waals surface area contributed by atoms with Gasteiger partial charge in [0.25, 0.3) is 0 Å². The van der Waals surface area contributed by atoms with Crippen LogP contribution in [0.15, 0.2) is 16.9 Å². The SMILES string of the molecule is CN(C)C1CC(c2nc3c(F)c(Br)c(Cl)cc3c3c2ncn3[C@H]2[C@@H]3C[C@H]2N(C(=O)OC(C)(C)C)C3)C1. The number of rotatable bonds is 3. The number of ether oxygens (including phenoxy) is 1. The summed E-state index contributed by atoms with van der Waals surface area (Å²) in [6, 6.07) is 2.34. The van der Waals surface area contributed by atoms with Gasteiger partial charge in [0.05, 0.1) is 39.1 Å². The van der Waals surface area contributed by atoms with Gasteiger partial charge in [0.2, 0.25) is 0 Å². The molecule has 2 saturated heterocycles. The summed E-state index contributed by atoms with van der Waals surface area (Å²) in [7, 11) is 4.17. The molecule has 192 valence electrons. The standard InChI is InChI=1S/C26H30BrClFN5O2/c1-26(2,3)36-25(35)33-10-13-8-17(33)23(13)34-11-30-22-20(12-6-14(7-12)32(4)5)31-21-15(24(22)34)9-16(28)18(27)19(21)29/h9,11-14,17,23H,6-8,10H2,1-5H3/t12?,13-,14?,17-,23+/m1/s1. The molecule has 1 amide bonds. The van der Waals surface area contributed by atoms with Crippen LogP contribution >= 0.6 is 27.5 Å². The number of imidazole rings is 1. The van der Waals surface area contributed by atoms with Gasteiger partial charge in [-0.15, -0.1) is 0 Å². The molecule has 0 N–H and O–H groups in total. The zero-order valence-electron chi connectivity index (χ0n) is 21.1. The summed E-state index contributed by atoms with van der Waals surface area (Å²) < 4.78 is 23.5. The fourth-order valence-corrected chi connectivity index (χ4v) is 6.63. The summed E-state index contributed by atoms with van der Waals surface area (Å²) >= 11 is 9.70. The number of aromatic nitrogens is 3. The highest BCUT2D eigenvalue weighted by Gasteiger charge is 2.56. The molecule has 2 aliphatic heterocycles. The molecule has 2 bridgehead atoms. The number of halogens is 3. The van der Waals surface area contributed by atoms with Gasteiger partial charge >= 0.3 is 6.09 Å². The Labute approximate surface area is 223 Å². The number of hydrogen-bond donors (Lipinski definition) is 0. The molecule has 4 fully saturated rings. The summed E-state index contributed by atoms with van der Waals surface area (Å²) in [6.07, 6.45) is 4.41. The fourth-order valence-electron chi connectivity index (χ4n) is 6.14. The van der Waals surface area contributed by atoms with E-state index in [9.17, 15) is 4.79 Å². The van der Waals surface area contributed by atoms with E-state index in [4.69, 9.17) is 26.3 Å². The molecule has 2 aromatic heterocycles. The molecule has 36 heavy (non-hydrogen) atoms. The highest BCUT2D eigenvalue weighted by atomic mass is 79.9. The number of amides is 1. The molecule has 7 nitrogen and oxygen atoms in total. The molecular weight excluding hydrogens is 549 g/mol. The Hall–Kier alpha value is -1.97. The van der Waals surface area contributed by atoms with Gasteiger partial charge in [0.15, 0.2) is 5.82 Å². The average Bonchev–Trinajstić information content (AvgIpc) is 3.44. The Morgan fingerprint density at radius 1 is 1.25 bits per heavy atom. The summed E-state index contributed by atoms with van der Waals surface area (Å²) in [5.74, 6) is 0.0610. The molecule has 3 aromatic rings. The fraction of sp³-hybridized carbons (Fsp3) is 0.577. The van der Waals surface area contributed by atoms with Crippen LogP contribution in [0.5, 0.6) is 0 Å². The molecule has 0 unspecified atom stereocenters. The first-order chi connectivity index (χ1) is 16.9. The largest absolute Gasteiger partial charge is 0.444 e. The minimum atomic E-state index is -0.549. The van der Waals surface area contributed by atoms with Crippen molar-refractivity contribution in [2.45, 2.75) is 69.7 Å². The van der Waals surface area contributed by atoms with Gasteiger partial charge in [0.1, 0.15) is 16.6 Å². The van der Waals surface area contributed by atoms with E-state index in [1.807, 2.05) is 32.0 Å². The van der Waals surface area contributed by atoms with Crippen molar-refractivity contribution in [3.8, 4) is 0 Å². The van der Waals surface area contributed by atoms with Crippen LogP contribution in [0.25, 0.3) is 21.9 Å². The van der Waals surface area contributed by atoms with Crippen LogP contribution in [0.3, 0.4) is 0 Å². The van der Waals surface area contributed by atoms with Crippen LogP contribution in [-0.2, 0) is 4.74 Å². The van der Waals surface area contributed by atoms with Gasteiger partial charge in [-0.2, -0.15) is 0 Å². The normalized spacial score (nSPS) is 27.6. The Kier molecular flexibility index (Phi) is 5.60. The Morgan fingerprint density at radius 2 is 1.97 bits per heavy atom. The third kappa shape index (κ3) is 3.64. The number of nitrogens with zero attached hydrogens (tertiary/aromatic N) is 5. The minimum Gasteiger partial charge on any atom is -0.444 e. The molecule has 3 atom stereocenters. The van der Waals surface area contributed by atoms with E-state index >= 15 is 4.39 Å². The second kappa shape index (κ2) is 8.27. The van der Waals surface area contributed by atoms with E-state index < -0.39 is 11.4 Å². The Bertz CT molecular complexity index is 1400. The lowest BCUT2D eigenvalue weighted by Gasteiger charge is -2.39. The topological polar surface area (TPSA) is 63.5 Å². The summed E-state index contributed by atoms with van der Waals surface area (Å²) in [6.45, 7) is 6.29. The highest BCUT2D eigenvalue weighted by molar-refractivity contribution is 9.10. The van der Waals surface area contributed by atoms with Crippen molar-refractivity contribution in [3.05, 3.63) is 33.4 Å². The second-order valence-electron chi connectivity index (χ2n) is 11.7. The van der Waals surface area contributed by atoms with Crippen LogP contribution in [0.1, 0.15) is 57.7 Å². The molecule has 4 aliphatic rings. The molecule has 1 aromatic carbocycles. The first kappa shape index (κ1) is 24.4. The van der Waals surface area contributed by atoms with Crippen LogP contribution in [0.2, 0.25) is 5.02 Å². The van der Waals surface area contributed by atoms with Crippen molar-refractivity contribution in [1.29, 1.82) is 0 Å². The molecule has 10 heteroatoms. The van der Waals surface area contributed by atoms with Crippen LogP contribution in [0.4, 0.5) is 9.18 Å². The summed E-state index contributed by atoms with van der Waals surface area (Å²) in [5.41, 5.74) is 2.25. The van der Waals surface area contributed by atoms with E-state index in [-0.39, 0.29) is 28.6 Å². The van der Waals surface area contributed by atoms with Crippen LogP contribution in [0, 0.1) is 11.7 Å². The van der Waals surface area contributed by atoms with Gasteiger partial charge in [0, 0.05) is 29.8 Å². The molecule has 4 heterocycles. The predicted molar refractivity (Wildman–Crippen MR) is 141 cm³/mol. The van der Waals surface area contributed by atoms with Gasteiger partial charge in [-0.3, -0.25) is 0 Å². The van der Waals surface area contributed by atoms with Crippen molar-refractivity contribution in [3.63, 3.8) is 0 Å². The average molecular weight is 579 g/mol. The third-order valence-electron chi connectivity index (χ3n) is 8.09. The first-order valence-corrected chi connectivity index (χ1v) is 13.6. The number of hydrogen-bond acceptors (Lipinski definition) is 5. The minimum absolute atomic E-state index is 0.0199. The van der Waals surface area contributed by atoms with E-state index in [1.54, 1.807) is 6.07 Å². The summed E-state index contributed by atoms with van der Waals surface area (Å²) in [5, 5.41) is 0.947. The van der Waals surface area contributed by atoms with Crippen molar-refractivity contribution in [2.75, 3.05) is 20.6 Å². The van der Waals surface area contributed by atoms with Crippen LogP contribution in [-0.4, -0.2) is 68.8 Å². The first-order valence-electron chi connectivity index (χ1n) is 12.4. The number of carbonyl (C=O) groups excluding carboxylic acids is 1. The van der Waals surface area contributed by atoms with Crippen LogP contribution < -0.4 is 0 Å².